The minimum Gasteiger partial charge on any atom is -0.481 e. The van der Waals surface area contributed by atoms with Crippen LogP contribution < -0.4 is 16.4 Å². The zero-order valence-electron chi connectivity index (χ0n) is 15.8. The number of carboxylic acids is 1. The van der Waals surface area contributed by atoms with Crippen LogP contribution in [0.1, 0.15) is 24.8 Å². The van der Waals surface area contributed by atoms with E-state index < -0.39 is 23.8 Å². The summed E-state index contributed by atoms with van der Waals surface area (Å²) in [7, 11) is 0. The number of primary amides is 1. The first-order valence-corrected chi connectivity index (χ1v) is 9.14. The lowest BCUT2D eigenvalue weighted by atomic mass is 10.1. The summed E-state index contributed by atoms with van der Waals surface area (Å²) in [6.45, 7) is -0.383. The van der Waals surface area contributed by atoms with E-state index in [0.29, 0.717) is 6.42 Å². The number of aryl methyl sites for hydroxylation is 1. The number of benzene rings is 1. The number of rotatable bonds is 11. The highest BCUT2D eigenvalue weighted by molar-refractivity contribution is 5.90. The third-order valence-electron chi connectivity index (χ3n) is 4.22. The van der Waals surface area contributed by atoms with Gasteiger partial charge in [0.1, 0.15) is 6.04 Å². The van der Waals surface area contributed by atoms with Crippen LogP contribution in [0.5, 0.6) is 0 Å². The number of carbonyl (C=O) groups excluding carboxylic acids is 3. The average molecular weight is 400 g/mol. The molecule has 29 heavy (non-hydrogen) atoms. The molecular formula is C20H24N4O5. The molecule has 154 valence electrons. The number of carbonyl (C=O) groups is 4. The van der Waals surface area contributed by atoms with Crippen molar-refractivity contribution in [3.63, 3.8) is 0 Å². The number of amides is 3. The van der Waals surface area contributed by atoms with Gasteiger partial charge in [-0.25, -0.2) is 0 Å². The molecule has 5 N–H and O–H groups in total. The van der Waals surface area contributed by atoms with E-state index in [1.807, 2.05) is 53.4 Å². The fraction of sp³-hybridized carbons (Fsp3) is 0.300. The predicted molar refractivity (Wildman–Crippen MR) is 105 cm³/mol. The minimum atomic E-state index is -1.09. The summed E-state index contributed by atoms with van der Waals surface area (Å²) in [5.41, 5.74) is 6.94. The second-order valence-electron chi connectivity index (χ2n) is 6.49. The molecule has 0 spiro atoms. The van der Waals surface area contributed by atoms with E-state index in [9.17, 15) is 19.2 Å². The van der Waals surface area contributed by atoms with Gasteiger partial charge in [0.15, 0.2) is 0 Å². The Hall–Kier alpha value is -3.62. The number of nitrogens with zero attached hydrogens (tertiary/aromatic N) is 1. The van der Waals surface area contributed by atoms with Crippen LogP contribution >= 0.6 is 0 Å². The number of aliphatic carboxylic acids is 1. The van der Waals surface area contributed by atoms with Crippen LogP contribution in [-0.2, 0) is 25.6 Å². The van der Waals surface area contributed by atoms with E-state index in [0.717, 1.165) is 11.3 Å². The standard InChI is InChI=1S/C20H24N4O5/c21-17(25)13-22-20(29)16(8-10-19(27)28)23-18(26)9-5-14-3-6-15(7-4-14)24-11-1-2-12-24/h1-4,6-7,11-12,16H,5,8-10,13H2,(H2,21,25)(H,22,29)(H,23,26)(H,27,28). The monoisotopic (exact) mass is 400 g/mol. The van der Waals surface area contributed by atoms with Crippen LogP contribution in [0, 0.1) is 0 Å². The van der Waals surface area contributed by atoms with Gasteiger partial charge in [-0.05, 0) is 42.7 Å². The molecule has 0 aliphatic carbocycles. The number of hydrogen-bond donors (Lipinski definition) is 4. The highest BCUT2D eigenvalue weighted by Crippen LogP contribution is 2.11. The van der Waals surface area contributed by atoms with E-state index in [1.54, 1.807) is 0 Å². The van der Waals surface area contributed by atoms with Gasteiger partial charge in [0.25, 0.3) is 0 Å². The Bertz CT molecular complexity index is 846. The molecular weight excluding hydrogens is 376 g/mol. The maximum Gasteiger partial charge on any atom is 0.303 e. The van der Waals surface area contributed by atoms with Crippen molar-refractivity contribution in [3.8, 4) is 5.69 Å². The van der Waals surface area contributed by atoms with Crippen molar-refractivity contribution in [3.05, 3.63) is 54.4 Å². The summed E-state index contributed by atoms with van der Waals surface area (Å²) < 4.78 is 1.97. The number of carboxylic acid groups (broad SMARTS) is 1. The first-order chi connectivity index (χ1) is 13.8. The molecule has 0 saturated heterocycles. The lowest BCUT2D eigenvalue weighted by Crippen LogP contribution is -2.48. The molecule has 0 saturated carbocycles. The molecule has 1 unspecified atom stereocenters. The Kier molecular flexibility index (Phi) is 7.96. The summed E-state index contributed by atoms with van der Waals surface area (Å²) in [4.78, 5) is 45.9. The van der Waals surface area contributed by atoms with Gasteiger partial charge < -0.3 is 26.0 Å². The first-order valence-electron chi connectivity index (χ1n) is 9.14. The van der Waals surface area contributed by atoms with E-state index in [2.05, 4.69) is 10.6 Å². The van der Waals surface area contributed by atoms with Crippen molar-refractivity contribution in [2.24, 2.45) is 5.73 Å². The molecule has 0 aliphatic heterocycles. The smallest absolute Gasteiger partial charge is 0.303 e. The molecule has 0 bridgehead atoms. The van der Waals surface area contributed by atoms with Crippen molar-refractivity contribution in [1.82, 2.24) is 15.2 Å². The lowest BCUT2D eigenvalue weighted by Gasteiger charge is -2.17. The fourth-order valence-corrected chi connectivity index (χ4v) is 2.70. The van der Waals surface area contributed by atoms with Gasteiger partial charge in [-0.1, -0.05) is 12.1 Å². The number of nitrogens with one attached hydrogen (secondary N) is 2. The molecule has 1 heterocycles. The zero-order chi connectivity index (χ0) is 21.2. The van der Waals surface area contributed by atoms with E-state index in [1.165, 1.54) is 0 Å². The first kappa shape index (κ1) is 21.7. The quantitative estimate of drug-likeness (QED) is 0.431. The lowest BCUT2D eigenvalue weighted by molar-refractivity contribution is -0.138. The van der Waals surface area contributed by atoms with Crippen molar-refractivity contribution in [2.75, 3.05) is 6.54 Å². The summed E-state index contributed by atoms with van der Waals surface area (Å²) >= 11 is 0. The van der Waals surface area contributed by atoms with Crippen LogP contribution in [-0.4, -0.2) is 46.0 Å². The maximum absolute atomic E-state index is 12.2. The molecule has 1 aromatic carbocycles. The van der Waals surface area contributed by atoms with Gasteiger partial charge in [0, 0.05) is 30.9 Å². The number of nitrogens with two attached hydrogens (primary N) is 1. The van der Waals surface area contributed by atoms with E-state index >= 15 is 0 Å². The van der Waals surface area contributed by atoms with Crippen LogP contribution in [0.3, 0.4) is 0 Å². The summed E-state index contributed by atoms with van der Waals surface area (Å²) in [5.74, 6) is -2.85. The van der Waals surface area contributed by atoms with Gasteiger partial charge in [-0.3, -0.25) is 19.2 Å². The SMILES string of the molecule is NC(=O)CNC(=O)C(CCC(=O)O)NC(=O)CCc1ccc(-n2cccc2)cc1. The van der Waals surface area contributed by atoms with Gasteiger partial charge in [-0.2, -0.15) is 0 Å². The molecule has 0 fully saturated rings. The van der Waals surface area contributed by atoms with Gasteiger partial charge >= 0.3 is 5.97 Å². The molecule has 9 heteroatoms. The molecule has 9 nitrogen and oxygen atoms in total. The third kappa shape index (κ3) is 7.49. The van der Waals surface area contributed by atoms with Crippen LogP contribution in [0.25, 0.3) is 5.69 Å². The maximum atomic E-state index is 12.2. The molecule has 0 radical (unpaired) electrons. The van der Waals surface area contributed by atoms with Crippen LogP contribution in [0.2, 0.25) is 0 Å². The Morgan fingerprint density at radius 3 is 2.28 bits per heavy atom. The topological polar surface area (TPSA) is 144 Å². The Morgan fingerprint density at radius 1 is 1.03 bits per heavy atom. The Balaban J connectivity index is 1.88. The van der Waals surface area contributed by atoms with Gasteiger partial charge in [-0.15, -0.1) is 0 Å². The molecule has 2 aromatic rings. The van der Waals surface area contributed by atoms with Crippen molar-refractivity contribution in [2.45, 2.75) is 31.7 Å². The molecule has 3 amide bonds. The van der Waals surface area contributed by atoms with Crippen LogP contribution in [0.4, 0.5) is 0 Å². The molecule has 2 rings (SSSR count). The summed E-state index contributed by atoms with van der Waals surface area (Å²) in [5, 5.41) is 13.6. The normalized spacial score (nSPS) is 11.4. The second-order valence-corrected chi connectivity index (χ2v) is 6.49. The van der Waals surface area contributed by atoms with E-state index in [4.69, 9.17) is 10.8 Å². The Morgan fingerprint density at radius 2 is 1.69 bits per heavy atom. The zero-order valence-corrected chi connectivity index (χ0v) is 15.8. The number of aromatic nitrogens is 1. The van der Waals surface area contributed by atoms with Crippen LogP contribution in [0.15, 0.2) is 48.8 Å². The average Bonchev–Trinajstić information content (AvgIpc) is 3.22. The highest BCUT2D eigenvalue weighted by atomic mass is 16.4. The molecule has 0 aliphatic rings. The van der Waals surface area contributed by atoms with E-state index in [-0.39, 0.29) is 31.7 Å². The molecule has 1 aromatic heterocycles. The number of hydrogen-bond acceptors (Lipinski definition) is 4. The van der Waals surface area contributed by atoms with Gasteiger partial charge in [0.2, 0.25) is 17.7 Å². The fourth-order valence-electron chi connectivity index (χ4n) is 2.70. The van der Waals surface area contributed by atoms with Crippen molar-refractivity contribution in [1.29, 1.82) is 0 Å². The summed E-state index contributed by atoms with van der Waals surface area (Å²) in [6.07, 6.45) is 4.08. The minimum absolute atomic E-state index is 0.0861. The second kappa shape index (κ2) is 10.6. The third-order valence-corrected chi connectivity index (χ3v) is 4.22. The molecule has 1 atom stereocenters. The van der Waals surface area contributed by atoms with Crippen molar-refractivity contribution >= 4 is 23.7 Å². The Labute approximate surface area is 167 Å². The predicted octanol–water partition coefficient (Wildman–Crippen LogP) is 0.361. The van der Waals surface area contributed by atoms with Crippen molar-refractivity contribution < 1.29 is 24.3 Å². The largest absolute Gasteiger partial charge is 0.481 e. The van der Waals surface area contributed by atoms with Gasteiger partial charge in [0.05, 0.1) is 6.54 Å². The highest BCUT2D eigenvalue weighted by Gasteiger charge is 2.21. The summed E-state index contributed by atoms with van der Waals surface area (Å²) in [6, 6.07) is 10.5.